The molecule has 20 heavy (non-hydrogen) atoms. The molecule has 2 aliphatic heterocycles. The van der Waals surface area contributed by atoms with Crippen molar-refractivity contribution in [1.29, 1.82) is 0 Å². The Morgan fingerprint density at radius 1 is 1.35 bits per heavy atom. The van der Waals surface area contributed by atoms with Crippen LogP contribution >= 0.6 is 0 Å². The Balaban J connectivity index is 1.84. The number of sulfonamides is 1. The van der Waals surface area contributed by atoms with Crippen LogP contribution in [0.15, 0.2) is 11.2 Å². The van der Waals surface area contributed by atoms with Crippen LogP contribution in [-0.2, 0) is 23.0 Å². The van der Waals surface area contributed by atoms with E-state index < -0.39 is 10.0 Å². The summed E-state index contributed by atoms with van der Waals surface area (Å²) >= 11 is 0. The lowest BCUT2D eigenvalue weighted by Gasteiger charge is -2.31. The van der Waals surface area contributed by atoms with Crippen LogP contribution in [0.25, 0.3) is 0 Å². The highest BCUT2D eigenvalue weighted by molar-refractivity contribution is 7.89. The van der Waals surface area contributed by atoms with Crippen LogP contribution in [0.3, 0.4) is 0 Å². The number of piperidine rings is 1. The van der Waals surface area contributed by atoms with Gasteiger partial charge in [0.25, 0.3) is 10.0 Å². The molecular weight excluding hydrogens is 276 g/mol. The summed E-state index contributed by atoms with van der Waals surface area (Å²) in [6, 6.07) is 0. The standard InChI is InChI=1S/C13H22N4O2S/c14-6-5-11-3-1-7-16(10-11)20(18,19)13-9-15-12-4-2-8-17(12)13/h9,11H,1-8,10,14H2. The molecule has 1 atom stereocenters. The van der Waals surface area contributed by atoms with Gasteiger partial charge in [-0.05, 0) is 38.1 Å². The molecule has 112 valence electrons. The second-order valence-electron chi connectivity index (χ2n) is 5.72. The van der Waals surface area contributed by atoms with Gasteiger partial charge in [0.2, 0.25) is 0 Å². The third kappa shape index (κ3) is 2.38. The van der Waals surface area contributed by atoms with Crippen molar-refractivity contribution >= 4 is 10.0 Å². The predicted molar refractivity (Wildman–Crippen MR) is 75.7 cm³/mol. The lowest BCUT2D eigenvalue weighted by molar-refractivity contribution is 0.257. The van der Waals surface area contributed by atoms with Gasteiger partial charge in [-0.2, -0.15) is 4.31 Å². The largest absolute Gasteiger partial charge is 0.330 e. The third-order valence-corrected chi connectivity index (χ3v) is 6.21. The van der Waals surface area contributed by atoms with Crippen molar-refractivity contribution in [1.82, 2.24) is 13.9 Å². The number of nitrogens with zero attached hydrogens (tertiary/aromatic N) is 3. The smallest absolute Gasteiger partial charge is 0.260 e. The monoisotopic (exact) mass is 298 g/mol. The Kier molecular flexibility index (Phi) is 3.83. The lowest BCUT2D eigenvalue weighted by atomic mass is 9.96. The van der Waals surface area contributed by atoms with Gasteiger partial charge in [-0.3, -0.25) is 0 Å². The molecular formula is C13H22N4O2S. The van der Waals surface area contributed by atoms with E-state index in [1.165, 1.54) is 6.20 Å². The van der Waals surface area contributed by atoms with Gasteiger partial charge in [-0.25, -0.2) is 13.4 Å². The molecule has 1 aromatic heterocycles. The van der Waals surface area contributed by atoms with E-state index >= 15 is 0 Å². The maximum Gasteiger partial charge on any atom is 0.260 e. The molecule has 1 unspecified atom stereocenters. The van der Waals surface area contributed by atoms with Gasteiger partial charge in [0, 0.05) is 26.1 Å². The number of imidazole rings is 1. The summed E-state index contributed by atoms with van der Waals surface area (Å²) < 4.78 is 29.1. The van der Waals surface area contributed by atoms with Crippen molar-refractivity contribution in [3.05, 3.63) is 12.0 Å². The molecule has 0 radical (unpaired) electrons. The fourth-order valence-corrected chi connectivity index (χ4v) is 4.99. The molecule has 2 N–H and O–H groups in total. The summed E-state index contributed by atoms with van der Waals surface area (Å²) in [5.74, 6) is 1.29. The molecule has 0 saturated carbocycles. The van der Waals surface area contributed by atoms with Gasteiger partial charge in [0.1, 0.15) is 5.82 Å². The summed E-state index contributed by atoms with van der Waals surface area (Å²) in [5.41, 5.74) is 5.60. The lowest BCUT2D eigenvalue weighted by Crippen LogP contribution is -2.41. The normalized spacial score (nSPS) is 23.9. The van der Waals surface area contributed by atoms with Crippen LogP contribution in [0.5, 0.6) is 0 Å². The van der Waals surface area contributed by atoms with Crippen molar-refractivity contribution in [2.24, 2.45) is 11.7 Å². The van der Waals surface area contributed by atoms with Crippen molar-refractivity contribution in [2.45, 2.75) is 43.7 Å². The first-order chi connectivity index (χ1) is 9.63. The summed E-state index contributed by atoms with van der Waals surface area (Å²) in [4.78, 5) is 4.25. The molecule has 7 heteroatoms. The second-order valence-corrected chi connectivity index (χ2v) is 7.60. The maximum atomic E-state index is 12.8. The first kappa shape index (κ1) is 14.0. The van der Waals surface area contributed by atoms with Gasteiger partial charge in [-0.1, -0.05) is 0 Å². The predicted octanol–water partition coefficient (Wildman–Crippen LogP) is 0.579. The van der Waals surface area contributed by atoms with Crippen LogP contribution in [0.1, 0.15) is 31.5 Å². The Morgan fingerprint density at radius 3 is 3.00 bits per heavy atom. The molecule has 0 amide bonds. The fourth-order valence-electron chi connectivity index (χ4n) is 3.28. The molecule has 1 saturated heterocycles. The number of aromatic nitrogens is 2. The molecule has 0 aromatic carbocycles. The van der Waals surface area contributed by atoms with E-state index in [-0.39, 0.29) is 0 Å². The Bertz CT molecular complexity index is 579. The Hall–Kier alpha value is -0.920. The zero-order valence-corrected chi connectivity index (χ0v) is 12.5. The quantitative estimate of drug-likeness (QED) is 0.881. The Labute approximate surface area is 120 Å². The number of hydrogen-bond acceptors (Lipinski definition) is 4. The van der Waals surface area contributed by atoms with E-state index in [0.29, 0.717) is 30.6 Å². The SMILES string of the molecule is NCCC1CCCN(S(=O)(=O)c2cnc3n2CCC3)C1. The van der Waals surface area contributed by atoms with E-state index in [9.17, 15) is 8.42 Å². The first-order valence-corrected chi connectivity index (χ1v) is 8.81. The van der Waals surface area contributed by atoms with Crippen LogP contribution in [0, 0.1) is 5.92 Å². The van der Waals surface area contributed by atoms with Crippen LogP contribution in [0.4, 0.5) is 0 Å². The van der Waals surface area contributed by atoms with E-state index in [1.54, 1.807) is 4.31 Å². The minimum atomic E-state index is -3.40. The number of rotatable bonds is 4. The topological polar surface area (TPSA) is 81.2 Å². The van der Waals surface area contributed by atoms with Crippen LogP contribution < -0.4 is 5.73 Å². The van der Waals surface area contributed by atoms with Gasteiger partial charge in [0.05, 0.1) is 6.20 Å². The average Bonchev–Trinajstić information content (AvgIpc) is 3.01. The maximum absolute atomic E-state index is 12.8. The average molecular weight is 298 g/mol. The van der Waals surface area contributed by atoms with E-state index in [1.807, 2.05) is 4.57 Å². The summed E-state index contributed by atoms with van der Waals surface area (Å²) in [7, 11) is -3.40. The zero-order chi connectivity index (χ0) is 14.2. The molecule has 0 bridgehead atoms. The van der Waals surface area contributed by atoms with Gasteiger partial charge < -0.3 is 10.3 Å². The summed E-state index contributed by atoms with van der Waals surface area (Å²) in [5, 5.41) is 0.374. The van der Waals surface area contributed by atoms with E-state index in [4.69, 9.17) is 5.73 Å². The van der Waals surface area contributed by atoms with Crippen molar-refractivity contribution in [3.8, 4) is 0 Å². The van der Waals surface area contributed by atoms with Crippen molar-refractivity contribution in [3.63, 3.8) is 0 Å². The van der Waals surface area contributed by atoms with Gasteiger partial charge in [0.15, 0.2) is 5.03 Å². The van der Waals surface area contributed by atoms with Crippen molar-refractivity contribution in [2.75, 3.05) is 19.6 Å². The molecule has 3 rings (SSSR count). The molecule has 3 heterocycles. The summed E-state index contributed by atoms with van der Waals surface area (Å²) in [6.45, 7) is 2.61. The first-order valence-electron chi connectivity index (χ1n) is 7.37. The molecule has 6 nitrogen and oxygen atoms in total. The third-order valence-electron chi connectivity index (χ3n) is 4.34. The van der Waals surface area contributed by atoms with Gasteiger partial charge >= 0.3 is 0 Å². The highest BCUT2D eigenvalue weighted by atomic mass is 32.2. The zero-order valence-electron chi connectivity index (χ0n) is 11.7. The highest BCUT2D eigenvalue weighted by Crippen LogP contribution is 2.27. The number of fused-ring (bicyclic) bond motifs is 1. The molecule has 0 aliphatic carbocycles. The molecule has 0 spiro atoms. The van der Waals surface area contributed by atoms with Crippen LogP contribution in [0.2, 0.25) is 0 Å². The minimum Gasteiger partial charge on any atom is -0.330 e. The molecule has 1 fully saturated rings. The fraction of sp³-hybridized carbons (Fsp3) is 0.769. The minimum absolute atomic E-state index is 0.374. The number of hydrogen-bond donors (Lipinski definition) is 1. The van der Waals surface area contributed by atoms with E-state index in [0.717, 1.165) is 44.5 Å². The molecule has 2 aliphatic rings. The highest BCUT2D eigenvalue weighted by Gasteiger charge is 2.33. The van der Waals surface area contributed by atoms with E-state index in [2.05, 4.69) is 4.98 Å². The summed E-state index contributed by atoms with van der Waals surface area (Å²) in [6.07, 6.45) is 6.29. The Morgan fingerprint density at radius 2 is 2.20 bits per heavy atom. The second kappa shape index (κ2) is 5.46. The van der Waals surface area contributed by atoms with Crippen molar-refractivity contribution < 1.29 is 8.42 Å². The van der Waals surface area contributed by atoms with Gasteiger partial charge in [-0.15, -0.1) is 0 Å². The molecule has 1 aromatic rings. The number of aryl methyl sites for hydroxylation is 1. The van der Waals surface area contributed by atoms with Crippen LogP contribution in [-0.4, -0.2) is 41.9 Å². The number of nitrogens with two attached hydrogens (primary N) is 1.